The molecule has 2 aromatic carbocycles. The van der Waals surface area contributed by atoms with Crippen molar-refractivity contribution in [3.05, 3.63) is 76.8 Å². The van der Waals surface area contributed by atoms with Crippen LogP contribution in [-0.4, -0.2) is 16.1 Å². The van der Waals surface area contributed by atoms with Crippen molar-refractivity contribution < 1.29 is 9.90 Å². The number of rotatable bonds is 3. The molecule has 0 unspecified atom stereocenters. The summed E-state index contributed by atoms with van der Waals surface area (Å²) in [4.78, 5) is 16.0. The second-order valence-electron chi connectivity index (χ2n) is 4.80. The Hall–Kier alpha value is -2.46. The van der Waals surface area contributed by atoms with Crippen LogP contribution in [0.5, 0.6) is 0 Å². The number of carboxylic acids is 1. The zero-order chi connectivity index (χ0) is 15.5. The third kappa shape index (κ3) is 3.07. The number of carboxylic acid groups (broad SMARTS) is 1. The van der Waals surface area contributed by atoms with E-state index in [1.807, 2.05) is 54.6 Å². The quantitative estimate of drug-likeness (QED) is 0.730. The first-order valence-corrected chi connectivity index (χ1v) is 7.49. The molecule has 0 saturated carbocycles. The Bertz CT molecular complexity index is 814. The molecular formula is C18H12BrNO2. The van der Waals surface area contributed by atoms with Gasteiger partial charge in [0, 0.05) is 15.6 Å². The molecule has 0 saturated heterocycles. The minimum absolute atomic E-state index is 0.228. The number of hydrogen-bond donors (Lipinski definition) is 1. The molecule has 3 aromatic rings. The normalized spacial score (nSPS) is 10.4. The molecule has 1 heterocycles. The van der Waals surface area contributed by atoms with Crippen LogP contribution >= 0.6 is 15.9 Å². The van der Waals surface area contributed by atoms with Crippen molar-refractivity contribution in [2.75, 3.05) is 0 Å². The van der Waals surface area contributed by atoms with Crippen LogP contribution in [-0.2, 0) is 0 Å². The van der Waals surface area contributed by atoms with Crippen molar-refractivity contribution in [1.82, 2.24) is 4.98 Å². The Morgan fingerprint density at radius 2 is 1.41 bits per heavy atom. The van der Waals surface area contributed by atoms with Gasteiger partial charge in [-0.3, -0.25) is 0 Å². The van der Waals surface area contributed by atoms with Crippen LogP contribution in [0.15, 0.2) is 71.2 Å². The van der Waals surface area contributed by atoms with Crippen molar-refractivity contribution in [2.24, 2.45) is 0 Å². The minimum atomic E-state index is -0.960. The summed E-state index contributed by atoms with van der Waals surface area (Å²) < 4.78 is 0.967. The van der Waals surface area contributed by atoms with Crippen molar-refractivity contribution in [3.8, 4) is 22.5 Å². The molecule has 0 aliphatic carbocycles. The van der Waals surface area contributed by atoms with Gasteiger partial charge in [0.05, 0.1) is 17.0 Å². The highest BCUT2D eigenvalue weighted by Crippen LogP contribution is 2.25. The maximum absolute atomic E-state index is 11.4. The van der Waals surface area contributed by atoms with Gasteiger partial charge < -0.3 is 5.11 Å². The van der Waals surface area contributed by atoms with Gasteiger partial charge in [-0.05, 0) is 24.3 Å². The Labute approximate surface area is 136 Å². The Morgan fingerprint density at radius 1 is 0.864 bits per heavy atom. The van der Waals surface area contributed by atoms with Gasteiger partial charge >= 0.3 is 5.97 Å². The summed E-state index contributed by atoms with van der Waals surface area (Å²) >= 11 is 3.39. The minimum Gasteiger partial charge on any atom is -0.478 e. The first-order chi connectivity index (χ1) is 10.6. The summed E-state index contributed by atoms with van der Waals surface area (Å²) in [7, 11) is 0. The largest absolute Gasteiger partial charge is 0.478 e. The van der Waals surface area contributed by atoms with Crippen LogP contribution in [0.3, 0.4) is 0 Å². The van der Waals surface area contributed by atoms with Gasteiger partial charge in [-0.2, -0.15) is 0 Å². The van der Waals surface area contributed by atoms with Gasteiger partial charge in [0.1, 0.15) is 0 Å². The zero-order valence-electron chi connectivity index (χ0n) is 11.5. The van der Waals surface area contributed by atoms with Crippen LogP contribution in [0.1, 0.15) is 10.4 Å². The summed E-state index contributed by atoms with van der Waals surface area (Å²) in [6.45, 7) is 0. The van der Waals surface area contributed by atoms with Crippen molar-refractivity contribution >= 4 is 21.9 Å². The van der Waals surface area contributed by atoms with E-state index in [4.69, 9.17) is 0 Å². The second kappa shape index (κ2) is 6.12. The summed E-state index contributed by atoms with van der Waals surface area (Å²) in [6, 6.07) is 20.4. The molecular weight excluding hydrogens is 342 g/mol. The third-order valence-corrected chi connectivity index (χ3v) is 3.81. The van der Waals surface area contributed by atoms with E-state index in [0.717, 1.165) is 15.6 Å². The molecule has 1 aromatic heterocycles. The summed E-state index contributed by atoms with van der Waals surface area (Å²) in [5.41, 5.74) is 3.30. The van der Waals surface area contributed by atoms with Crippen LogP contribution < -0.4 is 0 Å². The molecule has 0 spiro atoms. The number of aromatic carboxylic acids is 1. The highest BCUT2D eigenvalue weighted by Gasteiger charge is 2.11. The lowest BCUT2D eigenvalue weighted by atomic mass is 10.0. The molecule has 0 fully saturated rings. The number of carbonyl (C=O) groups is 1. The Balaban J connectivity index is 2.16. The van der Waals surface area contributed by atoms with Gasteiger partial charge in [-0.25, -0.2) is 9.78 Å². The lowest BCUT2D eigenvalue weighted by Gasteiger charge is -2.08. The highest BCUT2D eigenvalue weighted by molar-refractivity contribution is 9.10. The van der Waals surface area contributed by atoms with Gasteiger partial charge in [0.15, 0.2) is 0 Å². The fraction of sp³-hybridized carbons (Fsp3) is 0. The number of pyridine rings is 1. The lowest BCUT2D eigenvalue weighted by Crippen LogP contribution is -1.99. The maximum atomic E-state index is 11.4. The van der Waals surface area contributed by atoms with Gasteiger partial charge in [-0.15, -0.1) is 0 Å². The summed E-state index contributed by atoms with van der Waals surface area (Å²) in [5.74, 6) is -0.960. The monoisotopic (exact) mass is 353 g/mol. The average molecular weight is 354 g/mol. The molecule has 3 nitrogen and oxygen atoms in total. The van der Waals surface area contributed by atoms with Gasteiger partial charge in [-0.1, -0.05) is 58.4 Å². The van der Waals surface area contributed by atoms with E-state index in [1.54, 1.807) is 12.1 Å². The standard InChI is InChI=1S/C18H12BrNO2/c19-15-8-6-13(7-9-15)17-11-14(18(21)22)10-16(20-17)12-4-2-1-3-5-12/h1-11H,(H,21,22). The molecule has 0 amide bonds. The second-order valence-corrected chi connectivity index (χ2v) is 5.72. The van der Waals surface area contributed by atoms with Crippen LogP contribution in [0.25, 0.3) is 22.5 Å². The van der Waals surface area contributed by atoms with Crippen molar-refractivity contribution in [1.29, 1.82) is 0 Å². The highest BCUT2D eigenvalue weighted by atomic mass is 79.9. The van der Waals surface area contributed by atoms with E-state index in [0.29, 0.717) is 11.4 Å². The zero-order valence-corrected chi connectivity index (χ0v) is 13.1. The molecule has 1 N–H and O–H groups in total. The topological polar surface area (TPSA) is 50.2 Å². The smallest absolute Gasteiger partial charge is 0.335 e. The fourth-order valence-corrected chi connectivity index (χ4v) is 2.44. The molecule has 22 heavy (non-hydrogen) atoms. The van der Waals surface area contributed by atoms with E-state index in [1.165, 1.54) is 0 Å². The summed E-state index contributed by atoms with van der Waals surface area (Å²) in [6.07, 6.45) is 0. The van der Waals surface area contributed by atoms with Gasteiger partial charge in [0.25, 0.3) is 0 Å². The molecule has 108 valence electrons. The predicted octanol–water partition coefficient (Wildman–Crippen LogP) is 4.88. The number of hydrogen-bond acceptors (Lipinski definition) is 2. The van der Waals surface area contributed by atoms with Crippen molar-refractivity contribution in [3.63, 3.8) is 0 Å². The predicted molar refractivity (Wildman–Crippen MR) is 89.8 cm³/mol. The van der Waals surface area contributed by atoms with E-state index < -0.39 is 5.97 Å². The molecule has 0 aliphatic heterocycles. The van der Waals surface area contributed by atoms with E-state index >= 15 is 0 Å². The van der Waals surface area contributed by atoms with E-state index in [2.05, 4.69) is 20.9 Å². The molecule has 3 rings (SSSR count). The third-order valence-electron chi connectivity index (χ3n) is 3.28. The maximum Gasteiger partial charge on any atom is 0.335 e. The average Bonchev–Trinajstić information content (AvgIpc) is 2.56. The fourth-order valence-electron chi connectivity index (χ4n) is 2.18. The van der Waals surface area contributed by atoms with Gasteiger partial charge in [0.2, 0.25) is 0 Å². The molecule has 0 radical (unpaired) electrons. The number of aromatic nitrogens is 1. The Morgan fingerprint density at radius 3 is 1.95 bits per heavy atom. The molecule has 4 heteroatoms. The molecule has 0 atom stereocenters. The molecule has 0 aliphatic rings. The number of nitrogens with zero attached hydrogens (tertiary/aromatic N) is 1. The molecule has 0 bridgehead atoms. The number of halogens is 1. The van der Waals surface area contributed by atoms with E-state index in [9.17, 15) is 9.90 Å². The van der Waals surface area contributed by atoms with Crippen LogP contribution in [0.2, 0.25) is 0 Å². The Kier molecular flexibility index (Phi) is 4.02. The van der Waals surface area contributed by atoms with Crippen LogP contribution in [0, 0.1) is 0 Å². The SMILES string of the molecule is O=C(O)c1cc(-c2ccccc2)nc(-c2ccc(Br)cc2)c1. The first kappa shape index (κ1) is 14.5. The van der Waals surface area contributed by atoms with E-state index in [-0.39, 0.29) is 5.56 Å². The van der Waals surface area contributed by atoms with Crippen LogP contribution in [0.4, 0.5) is 0 Å². The van der Waals surface area contributed by atoms with Crippen molar-refractivity contribution in [2.45, 2.75) is 0 Å². The number of benzene rings is 2. The first-order valence-electron chi connectivity index (χ1n) is 6.70. The lowest BCUT2D eigenvalue weighted by molar-refractivity contribution is 0.0697. The summed E-state index contributed by atoms with van der Waals surface area (Å²) in [5, 5.41) is 9.34.